The van der Waals surface area contributed by atoms with Crippen molar-refractivity contribution >= 4 is 23.4 Å². The van der Waals surface area contributed by atoms with E-state index in [2.05, 4.69) is 29.7 Å². The minimum Gasteiger partial charge on any atom is -0.299 e. The fourth-order valence-electron chi connectivity index (χ4n) is 2.79. The van der Waals surface area contributed by atoms with E-state index in [1.807, 2.05) is 12.1 Å². The lowest BCUT2D eigenvalue weighted by Gasteiger charge is -2.09. The smallest absolute Gasteiger partial charge is 0.198 e. The molecule has 25 heavy (non-hydrogen) atoms. The van der Waals surface area contributed by atoms with E-state index in [1.165, 1.54) is 11.8 Å². The Kier molecular flexibility index (Phi) is 3.71. The molecule has 5 rings (SSSR count). The molecule has 8 heteroatoms. The van der Waals surface area contributed by atoms with Crippen molar-refractivity contribution in [1.82, 2.24) is 29.7 Å². The van der Waals surface area contributed by atoms with E-state index in [1.54, 1.807) is 18.5 Å². The minimum absolute atomic E-state index is 0.459. The molecular weight excluding hydrogens is 356 g/mol. The highest BCUT2D eigenvalue weighted by Crippen LogP contribution is 2.43. The van der Waals surface area contributed by atoms with Crippen LogP contribution in [0.1, 0.15) is 43.5 Å². The van der Waals surface area contributed by atoms with Crippen LogP contribution in [0.4, 0.5) is 0 Å². The first-order valence-corrected chi connectivity index (χ1v) is 9.55. The monoisotopic (exact) mass is 370 g/mol. The van der Waals surface area contributed by atoms with E-state index in [0.717, 1.165) is 53.1 Å². The van der Waals surface area contributed by atoms with E-state index in [9.17, 15) is 0 Å². The van der Waals surface area contributed by atoms with Crippen molar-refractivity contribution in [3.05, 3.63) is 41.6 Å². The molecule has 0 aliphatic heterocycles. The second-order valence-electron chi connectivity index (χ2n) is 6.41. The third kappa shape index (κ3) is 3.14. The Hall–Kier alpha value is -1.99. The van der Waals surface area contributed by atoms with E-state index in [-0.39, 0.29) is 0 Å². The number of pyridine rings is 1. The first-order valence-electron chi connectivity index (χ1n) is 8.35. The summed E-state index contributed by atoms with van der Waals surface area (Å²) in [6.07, 6.45) is 8.16. The Morgan fingerprint density at radius 1 is 1.04 bits per heavy atom. The van der Waals surface area contributed by atoms with Crippen LogP contribution >= 0.6 is 23.4 Å². The molecule has 0 radical (unpaired) electrons. The number of nitrogens with zero attached hydrogens (tertiary/aromatic N) is 6. The summed E-state index contributed by atoms with van der Waals surface area (Å²) in [4.78, 5) is 13.1. The fourth-order valence-corrected chi connectivity index (χ4v) is 3.96. The molecular formula is C17H15ClN6S. The molecule has 2 saturated carbocycles. The maximum atomic E-state index is 6.19. The maximum absolute atomic E-state index is 6.19. The van der Waals surface area contributed by atoms with Crippen LogP contribution in [0.3, 0.4) is 0 Å². The molecule has 2 aliphatic carbocycles. The zero-order chi connectivity index (χ0) is 16.8. The Morgan fingerprint density at radius 3 is 2.56 bits per heavy atom. The Bertz CT molecular complexity index is 920. The van der Waals surface area contributed by atoms with Crippen LogP contribution < -0.4 is 0 Å². The lowest BCUT2D eigenvalue weighted by molar-refractivity contribution is 0.668. The van der Waals surface area contributed by atoms with Crippen LogP contribution in [-0.2, 0) is 0 Å². The summed E-state index contributed by atoms with van der Waals surface area (Å²) in [6.45, 7) is 0. The van der Waals surface area contributed by atoms with Crippen LogP contribution in [0.5, 0.6) is 0 Å². The molecule has 2 aliphatic rings. The molecule has 0 aromatic carbocycles. The highest BCUT2D eigenvalue weighted by molar-refractivity contribution is 7.99. The summed E-state index contributed by atoms with van der Waals surface area (Å²) in [5.41, 5.74) is 1.03. The van der Waals surface area contributed by atoms with Gasteiger partial charge in [-0.15, -0.1) is 10.2 Å². The highest BCUT2D eigenvalue weighted by atomic mass is 35.5. The van der Waals surface area contributed by atoms with Gasteiger partial charge in [-0.05, 0) is 49.6 Å². The van der Waals surface area contributed by atoms with Crippen molar-refractivity contribution in [2.45, 2.75) is 47.8 Å². The van der Waals surface area contributed by atoms with Gasteiger partial charge in [0.05, 0.1) is 0 Å². The van der Waals surface area contributed by atoms with E-state index in [0.29, 0.717) is 17.1 Å². The van der Waals surface area contributed by atoms with Gasteiger partial charge in [-0.25, -0.2) is 9.97 Å². The summed E-state index contributed by atoms with van der Waals surface area (Å²) >= 11 is 7.70. The first-order chi connectivity index (χ1) is 12.3. The van der Waals surface area contributed by atoms with Gasteiger partial charge in [0.25, 0.3) is 0 Å². The standard InChI is InChI=1S/C17H15ClN6S/c18-13-9-14(21-15(20-13)10-1-2-10)25-17-23-22-16(24(17)12-3-4-12)11-5-7-19-8-6-11/h5-10,12H,1-4H2. The molecule has 0 amide bonds. The average molecular weight is 371 g/mol. The number of halogens is 1. The fraction of sp³-hybridized carbons (Fsp3) is 0.353. The summed E-state index contributed by atoms with van der Waals surface area (Å²) in [6, 6.07) is 6.19. The summed E-state index contributed by atoms with van der Waals surface area (Å²) < 4.78 is 2.22. The van der Waals surface area contributed by atoms with E-state index < -0.39 is 0 Å². The van der Waals surface area contributed by atoms with Crippen LogP contribution in [0, 0.1) is 0 Å². The zero-order valence-electron chi connectivity index (χ0n) is 13.3. The molecule has 0 saturated heterocycles. The summed E-state index contributed by atoms with van der Waals surface area (Å²) in [7, 11) is 0. The second kappa shape index (κ2) is 6.07. The predicted octanol–water partition coefficient (Wildman–Crippen LogP) is 4.15. The minimum atomic E-state index is 0.459. The second-order valence-corrected chi connectivity index (χ2v) is 7.78. The molecule has 0 spiro atoms. The van der Waals surface area contributed by atoms with Crippen LogP contribution in [0.25, 0.3) is 11.4 Å². The Morgan fingerprint density at radius 2 is 1.84 bits per heavy atom. The molecule has 0 bridgehead atoms. The van der Waals surface area contributed by atoms with Gasteiger partial charge in [-0.2, -0.15) is 0 Å². The van der Waals surface area contributed by atoms with Gasteiger partial charge in [-0.1, -0.05) is 11.6 Å². The van der Waals surface area contributed by atoms with Gasteiger partial charge in [-0.3, -0.25) is 9.55 Å². The highest BCUT2D eigenvalue weighted by Gasteiger charge is 2.31. The third-order valence-electron chi connectivity index (χ3n) is 4.34. The van der Waals surface area contributed by atoms with Crippen LogP contribution in [0.15, 0.2) is 40.8 Å². The number of hydrogen-bond acceptors (Lipinski definition) is 6. The summed E-state index contributed by atoms with van der Waals surface area (Å²) in [5.74, 6) is 2.20. The van der Waals surface area contributed by atoms with Crippen LogP contribution in [0.2, 0.25) is 5.15 Å². The molecule has 0 atom stereocenters. The molecule has 126 valence electrons. The molecule has 2 fully saturated rings. The molecule has 3 heterocycles. The van der Waals surface area contributed by atoms with Gasteiger partial charge < -0.3 is 0 Å². The predicted molar refractivity (Wildman–Crippen MR) is 94.7 cm³/mol. The van der Waals surface area contributed by atoms with Crippen molar-refractivity contribution in [2.24, 2.45) is 0 Å². The van der Waals surface area contributed by atoms with Crippen molar-refractivity contribution in [1.29, 1.82) is 0 Å². The van der Waals surface area contributed by atoms with Gasteiger partial charge in [0.2, 0.25) is 0 Å². The molecule has 3 aromatic rings. The number of rotatable bonds is 5. The number of hydrogen-bond donors (Lipinski definition) is 0. The largest absolute Gasteiger partial charge is 0.299 e. The normalized spacial score (nSPS) is 17.0. The topological polar surface area (TPSA) is 69.4 Å². The molecule has 6 nitrogen and oxygen atoms in total. The van der Waals surface area contributed by atoms with Gasteiger partial charge in [0.15, 0.2) is 11.0 Å². The summed E-state index contributed by atoms with van der Waals surface area (Å²) in [5, 5.41) is 11.0. The van der Waals surface area contributed by atoms with Gasteiger partial charge in [0.1, 0.15) is 16.0 Å². The maximum Gasteiger partial charge on any atom is 0.198 e. The third-order valence-corrected chi connectivity index (χ3v) is 5.41. The lowest BCUT2D eigenvalue weighted by Crippen LogP contribution is -2.00. The van der Waals surface area contributed by atoms with E-state index in [4.69, 9.17) is 11.6 Å². The quantitative estimate of drug-likeness (QED) is 0.628. The molecule has 0 N–H and O–H groups in total. The lowest BCUT2D eigenvalue weighted by atomic mass is 10.2. The van der Waals surface area contributed by atoms with Crippen LogP contribution in [-0.4, -0.2) is 29.7 Å². The zero-order valence-corrected chi connectivity index (χ0v) is 14.9. The van der Waals surface area contributed by atoms with Crippen molar-refractivity contribution in [2.75, 3.05) is 0 Å². The van der Waals surface area contributed by atoms with Crippen molar-refractivity contribution in [3.63, 3.8) is 0 Å². The molecule has 3 aromatic heterocycles. The Balaban J connectivity index is 1.51. The number of aromatic nitrogens is 6. The van der Waals surface area contributed by atoms with E-state index >= 15 is 0 Å². The van der Waals surface area contributed by atoms with Gasteiger partial charge in [0, 0.05) is 36.0 Å². The van der Waals surface area contributed by atoms with Crippen molar-refractivity contribution in [3.8, 4) is 11.4 Å². The van der Waals surface area contributed by atoms with Gasteiger partial charge >= 0.3 is 0 Å². The van der Waals surface area contributed by atoms with Crippen molar-refractivity contribution < 1.29 is 0 Å². The molecule has 0 unspecified atom stereocenters. The first kappa shape index (κ1) is 15.3. The SMILES string of the molecule is Clc1cc(Sc2nnc(-c3ccncc3)n2C2CC2)nc(C2CC2)n1. The average Bonchev–Trinajstić information content (AvgIpc) is 3.53. The Labute approximate surface area is 154 Å².